The minimum atomic E-state index is 0. The van der Waals surface area contributed by atoms with Gasteiger partial charge in [-0.15, -0.1) is 0 Å². The Kier molecular flexibility index (Phi) is 9.98. The molecule has 1 rings (SSSR count). The van der Waals surface area contributed by atoms with Crippen LogP contribution in [0.5, 0.6) is 0 Å². The predicted octanol–water partition coefficient (Wildman–Crippen LogP) is 3.96. The highest BCUT2D eigenvalue weighted by Gasteiger charge is 2.06. The van der Waals surface area contributed by atoms with Gasteiger partial charge >= 0.3 is 0 Å². The van der Waals surface area contributed by atoms with E-state index in [9.17, 15) is 0 Å². The summed E-state index contributed by atoms with van der Waals surface area (Å²) >= 11 is 0. The van der Waals surface area contributed by atoms with Crippen LogP contribution < -0.4 is 0 Å². The Hall–Kier alpha value is -0.730. The standard InChI is InChI=1S/C14H28N2.FH/c1-3-4-5-6-7-8-9-10-11-16-13-12-15(2)14-16;/h12-13H,3-11,14H2,1-2H3;1H. The molecule has 1 aliphatic heterocycles. The highest BCUT2D eigenvalue weighted by Crippen LogP contribution is 2.10. The third kappa shape index (κ3) is 8.06. The second-order valence-corrected chi connectivity index (χ2v) is 4.98. The molecule has 0 aliphatic carbocycles. The van der Waals surface area contributed by atoms with Crippen molar-refractivity contribution in [1.29, 1.82) is 0 Å². The monoisotopic (exact) mass is 244 g/mol. The van der Waals surface area contributed by atoms with Crippen LogP contribution in [0.4, 0.5) is 4.70 Å². The van der Waals surface area contributed by atoms with Crippen LogP contribution in [0.3, 0.4) is 0 Å². The molecule has 0 bridgehead atoms. The number of hydrogen-bond acceptors (Lipinski definition) is 2. The first kappa shape index (κ1) is 16.3. The fraction of sp³-hybridized carbons (Fsp3) is 0.857. The number of halogens is 1. The Bertz CT molecular complexity index is 195. The molecule has 0 saturated carbocycles. The summed E-state index contributed by atoms with van der Waals surface area (Å²) in [4.78, 5) is 4.63. The first-order valence-corrected chi connectivity index (χ1v) is 6.95. The summed E-state index contributed by atoms with van der Waals surface area (Å²) in [5.41, 5.74) is 0. The van der Waals surface area contributed by atoms with Crippen LogP contribution in [-0.4, -0.2) is 30.1 Å². The van der Waals surface area contributed by atoms with Gasteiger partial charge in [0, 0.05) is 26.0 Å². The van der Waals surface area contributed by atoms with E-state index < -0.39 is 0 Å². The van der Waals surface area contributed by atoms with Crippen LogP contribution in [0.25, 0.3) is 0 Å². The van der Waals surface area contributed by atoms with Crippen molar-refractivity contribution in [3.05, 3.63) is 12.4 Å². The second-order valence-electron chi connectivity index (χ2n) is 4.98. The fourth-order valence-corrected chi connectivity index (χ4v) is 2.18. The normalized spacial score (nSPS) is 14.2. The molecule has 0 radical (unpaired) electrons. The van der Waals surface area contributed by atoms with E-state index in [1.54, 1.807) is 0 Å². The summed E-state index contributed by atoms with van der Waals surface area (Å²) < 4.78 is 0. The van der Waals surface area contributed by atoms with Crippen molar-refractivity contribution in [2.75, 3.05) is 20.3 Å². The zero-order valence-electron chi connectivity index (χ0n) is 11.5. The van der Waals surface area contributed by atoms with Crippen LogP contribution in [0.1, 0.15) is 58.3 Å². The van der Waals surface area contributed by atoms with Gasteiger partial charge in [0.1, 0.15) is 0 Å². The van der Waals surface area contributed by atoms with Crippen molar-refractivity contribution in [2.24, 2.45) is 0 Å². The van der Waals surface area contributed by atoms with Gasteiger partial charge in [0.25, 0.3) is 0 Å². The van der Waals surface area contributed by atoms with Gasteiger partial charge in [-0.25, -0.2) is 0 Å². The lowest BCUT2D eigenvalue weighted by atomic mass is 10.1. The summed E-state index contributed by atoms with van der Waals surface area (Å²) in [5.74, 6) is 0. The molecule has 3 heteroatoms. The third-order valence-corrected chi connectivity index (χ3v) is 3.24. The molecule has 102 valence electrons. The van der Waals surface area contributed by atoms with Gasteiger partial charge in [0.2, 0.25) is 0 Å². The van der Waals surface area contributed by atoms with Gasteiger partial charge in [-0.1, -0.05) is 51.9 Å². The number of unbranched alkanes of at least 4 members (excludes halogenated alkanes) is 7. The SMILES string of the molecule is CCCCCCCCCCN1C=CN(C)C1.F. The van der Waals surface area contributed by atoms with Crippen molar-refractivity contribution in [2.45, 2.75) is 58.3 Å². The smallest absolute Gasteiger partial charge is 0.0890 e. The number of rotatable bonds is 9. The Morgan fingerprint density at radius 3 is 2.00 bits per heavy atom. The molecule has 0 aromatic rings. The van der Waals surface area contributed by atoms with Gasteiger partial charge < -0.3 is 9.80 Å². The molecule has 2 nitrogen and oxygen atoms in total. The molecule has 0 spiro atoms. The van der Waals surface area contributed by atoms with Crippen molar-refractivity contribution in [3.63, 3.8) is 0 Å². The highest BCUT2D eigenvalue weighted by molar-refractivity contribution is 4.88. The van der Waals surface area contributed by atoms with Crippen LogP contribution in [0, 0.1) is 0 Å². The van der Waals surface area contributed by atoms with E-state index in [4.69, 9.17) is 0 Å². The predicted molar refractivity (Wildman–Crippen MR) is 73.6 cm³/mol. The molecule has 1 heterocycles. The molecule has 0 unspecified atom stereocenters. The first-order chi connectivity index (χ1) is 7.83. The maximum Gasteiger partial charge on any atom is 0.0890 e. The zero-order chi connectivity index (χ0) is 11.6. The van der Waals surface area contributed by atoms with Crippen LogP contribution in [-0.2, 0) is 0 Å². The van der Waals surface area contributed by atoms with Crippen molar-refractivity contribution >= 4 is 0 Å². The summed E-state index contributed by atoms with van der Waals surface area (Å²) in [6.45, 7) is 4.59. The average Bonchev–Trinajstić information content (AvgIpc) is 2.68. The Labute approximate surface area is 106 Å². The molecular weight excluding hydrogens is 215 g/mol. The van der Waals surface area contributed by atoms with E-state index in [-0.39, 0.29) is 4.70 Å². The molecule has 0 fully saturated rings. The van der Waals surface area contributed by atoms with Gasteiger partial charge in [-0.2, -0.15) is 0 Å². The topological polar surface area (TPSA) is 6.48 Å². The van der Waals surface area contributed by atoms with E-state index >= 15 is 0 Å². The molecule has 0 aromatic carbocycles. The summed E-state index contributed by atoms with van der Waals surface area (Å²) in [6, 6.07) is 0. The molecule has 17 heavy (non-hydrogen) atoms. The van der Waals surface area contributed by atoms with Gasteiger partial charge in [0.15, 0.2) is 0 Å². The number of nitrogens with zero attached hydrogens (tertiary/aromatic N) is 2. The summed E-state index contributed by atoms with van der Waals surface area (Å²) in [5, 5.41) is 0. The second kappa shape index (κ2) is 10.4. The minimum absolute atomic E-state index is 0. The van der Waals surface area contributed by atoms with Gasteiger partial charge in [-0.05, 0) is 6.42 Å². The summed E-state index contributed by atoms with van der Waals surface area (Å²) in [7, 11) is 2.13. The van der Waals surface area contributed by atoms with Crippen LogP contribution >= 0.6 is 0 Å². The molecule has 0 aromatic heterocycles. The molecule has 0 N–H and O–H groups in total. The molecular formula is C14H29FN2. The van der Waals surface area contributed by atoms with Crippen molar-refractivity contribution in [1.82, 2.24) is 9.80 Å². The quantitative estimate of drug-likeness (QED) is 0.567. The highest BCUT2D eigenvalue weighted by atomic mass is 19.0. The molecule has 0 atom stereocenters. The van der Waals surface area contributed by atoms with Gasteiger partial charge in [0.05, 0.1) is 6.67 Å². The minimum Gasteiger partial charge on any atom is -0.362 e. The van der Waals surface area contributed by atoms with Crippen molar-refractivity contribution < 1.29 is 4.70 Å². The maximum absolute atomic E-state index is 2.40. The Morgan fingerprint density at radius 1 is 0.882 bits per heavy atom. The van der Waals surface area contributed by atoms with E-state index in [2.05, 4.69) is 36.2 Å². The average molecular weight is 244 g/mol. The lowest BCUT2D eigenvalue weighted by molar-refractivity contribution is 0.290. The third-order valence-electron chi connectivity index (χ3n) is 3.24. The molecule has 1 aliphatic rings. The fourth-order valence-electron chi connectivity index (χ4n) is 2.18. The lowest BCUT2D eigenvalue weighted by Crippen LogP contribution is -2.23. The number of hydrogen-bond donors (Lipinski definition) is 0. The van der Waals surface area contributed by atoms with Crippen LogP contribution in [0.2, 0.25) is 0 Å². The molecule has 0 amide bonds. The van der Waals surface area contributed by atoms with Crippen LogP contribution in [0.15, 0.2) is 12.4 Å². The van der Waals surface area contributed by atoms with E-state index in [0.29, 0.717) is 0 Å². The Balaban J connectivity index is 0.00000256. The van der Waals surface area contributed by atoms with E-state index in [0.717, 1.165) is 6.67 Å². The van der Waals surface area contributed by atoms with E-state index in [1.807, 2.05) is 0 Å². The first-order valence-electron chi connectivity index (χ1n) is 6.95. The maximum atomic E-state index is 2.40. The molecule has 0 saturated heterocycles. The Morgan fingerprint density at radius 2 is 1.47 bits per heavy atom. The van der Waals surface area contributed by atoms with E-state index in [1.165, 1.54) is 57.9 Å². The van der Waals surface area contributed by atoms with Gasteiger partial charge in [-0.3, -0.25) is 4.70 Å². The largest absolute Gasteiger partial charge is 0.362 e. The zero-order valence-corrected chi connectivity index (χ0v) is 11.5. The van der Waals surface area contributed by atoms with Crippen molar-refractivity contribution in [3.8, 4) is 0 Å². The summed E-state index contributed by atoms with van der Waals surface area (Å²) in [6.07, 6.45) is 15.7. The lowest BCUT2D eigenvalue weighted by Gasteiger charge is -2.17.